The first-order chi connectivity index (χ1) is 24.7. The van der Waals surface area contributed by atoms with Gasteiger partial charge in [0.25, 0.3) is 0 Å². The number of aliphatic hydroxyl groups is 8. The molecule has 6 fully saturated rings. The lowest BCUT2D eigenvalue weighted by molar-refractivity contribution is -0.360. The number of hydrogen-bond acceptors (Lipinski definition) is 12. The van der Waals surface area contributed by atoms with Crippen LogP contribution in [-0.4, -0.2) is 128 Å². The van der Waals surface area contributed by atoms with Crippen LogP contribution in [-0.2, 0) is 18.9 Å². The second-order valence-corrected chi connectivity index (χ2v) is 20.4. The van der Waals surface area contributed by atoms with Crippen molar-refractivity contribution in [2.45, 2.75) is 174 Å². The number of rotatable bonds is 6. The molecule has 2 aliphatic heterocycles. The fraction of sp³-hybridized carbons (Fsp3) is 0.951. The van der Waals surface area contributed by atoms with E-state index in [0.29, 0.717) is 18.8 Å². The number of fused-ring (bicyclic) bond motifs is 7. The van der Waals surface area contributed by atoms with Gasteiger partial charge in [-0.25, -0.2) is 0 Å². The maximum Gasteiger partial charge on any atom is 0.186 e. The molecule has 2 saturated heterocycles. The molecule has 0 aromatic carbocycles. The van der Waals surface area contributed by atoms with Crippen LogP contribution in [0.5, 0.6) is 0 Å². The molecule has 5 aliphatic carbocycles. The molecular formula is C41H68O12. The molecule has 0 aromatic heterocycles. The molecule has 0 amide bonds. The maximum atomic E-state index is 12.0. The smallest absolute Gasteiger partial charge is 0.186 e. The molecule has 0 aromatic rings. The minimum Gasteiger partial charge on any atom is -0.396 e. The topological polar surface area (TPSA) is 199 Å². The van der Waals surface area contributed by atoms with Gasteiger partial charge in [-0.05, 0) is 103 Å². The normalized spacial score (nSPS) is 54.8. The van der Waals surface area contributed by atoms with E-state index in [-0.39, 0.29) is 58.2 Å². The van der Waals surface area contributed by atoms with Crippen LogP contribution in [0.15, 0.2) is 11.6 Å². The van der Waals surface area contributed by atoms with E-state index in [4.69, 9.17) is 18.9 Å². The average molecular weight is 753 g/mol. The minimum absolute atomic E-state index is 0.0220. The van der Waals surface area contributed by atoms with Crippen molar-refractivity contribution >= 4 is 0 Å². The molecule has 12 heteroatoms. The van der Waals surface area contributed by atoms with Crippen LogP contribution < -0.4 is 0 Å². The predicted octanol–water partition coefficient (Wildman–Crippen LogP) is 2.40. The van der Waals surface area contributed by atoms with Gasteiger partial charge in [0.1, 0.15) is 42.7 Å². The van der Waals surface area contributed by atoms with E-state index >= 15 is 0 Å². The van der Waals surface area contributed by atoms with Crippen molar-refractivity contribution in [3.05, 3.63) is 11.6 Å². The molecule has 53 heavy (non-hydrogen) atoms. The third-order valence-electron chi connectivity index (χ3n) is 17.0. The van der Waals surface area contributed by atoms with Gasteiger partial charge in [0.2, 0.25) is 0 Å². The molecule has 0 bridgehead atoms. The van der Waals surface area contributed by atoms with E-state index in [1.165, 1.54) is 5.57 Å². The van der Waals surface area contributed by atoms with Gasteiger partial charge in [-0.15, -0.1) is 0 Å². The lowest BCUT2D eigenvalue weighted by atomic mass is 9.33. The SMILES string of the molecule is CC1(C)CC[C@]2(CO)[C@@H](O)C[C@]3(C)C(=CC[C@H]4[C@@]5(C)CC[C@H](O[C@@H]6O[C@H](CO)[C@@H](O[C@@H]7OC[C@H](O)[C@H](O)[C@H]7O)[C@H](O)[C@H]6O)C(C)(C)[C@H]5CC[C@]43C)[C@@H]2C1. The Hall–Kier alpha value is -0.740. The highest BCUT2D eigenvalue weighted by molar-refractivity contribution is 5.35. The highest BCUT2D eigenvalue weighted by Gasteiger charge is 2.70. The Morgan fingerprint density at radius 3 is 2.13 bits per heavy atom. The van der Waals surface area contributed by atoms with Gasteiger partial charge in [0, 0.05) is 5.41 Å². The van der Waals surface area contributed by atoms with E-state index in [1.54, 1.807) is 0 Å². The fourth-order valence-corrected chi connectivity index (χ4v) is 13.5. The number of hydrogen-bond donors (Lipinski definition) is 8. The van der Waals surface area contributed by atoms with Gasteiger partial charge < -0.3 is 59.8 Å². The van der Waals surface area contributed by atoms with Crippen molar-refractivity contribution in [1.82, 2.24) is 0 Å². The third-order valence-corrected chi connectivity index (χ3v) is 17.0. The molecule has 0 unspecified atom stereocenters. The van der Waals surface area contributed by atoms with Crippen molar-refractivity contribution in [2.24, 2.45) is 50.2 Å². The molecule has 8 N–H and O–H groups in total. The van der Waals surface area contributed by atoms with E-state index in [9.17, 15) is 40.9 Å². The van der Waals surface area contributed by atoms with Crippen LogP contribution >= 0.6 is 0 Å². The third kappa shape index (κ3) is 5.98. The minimum atomic E-state index is -1.61. The summed E-state index contributed by atoms with van der Waals surface area (Å²) in [5.41, 5.74) is 0.558. The zero-order chi connectivity index (χ0) is 38.7. The summed E-state index contributed by atoms with van der Waals surface area (Å²) in [6.45, 7) is 15.6. The summed E-state index contributed by atoms with van der Waals surface area (Å²) < 4.78 is 23.8. The monoisotopic (exact) mass is 752 g/mol. The summed E-state index contributed by atoms with van der Waals surface area (Å²) in [7, 11) is 0. The summed E-state index contributed by atoms with van der Waals surface area (Å²) >= 11 is 0. The van der Waals surface area contributed by atoms with Crippen molar-refractivity contribution in [2.75, 3.05) is 19.8 Å². The van der Waals surface area contributed by atoms with E-state index < -0.39 is 73.4 Å². The van der Waals surface area contributed by atoms with E-state index in [1.807, 2.05) is 0 Å². The van der Waals surface area contributed by atoms with Crippen LogP contribution in [0.3, 0.4) is 0 Å². The number of aliphatic hydroxyl groups excluding tert-OH is 8. The Kier molecular flexibility index (Phi) is 10.4. The summed E-state index contributed by atoms with van der Waals surface area (Å²) in [5, 5.41) is 85.9. The second kappa shape index (κ2) is 13.7. The first-order valence-corrected chi connectivity index (χ1v) is 20.3. The highest BCUT2D eigenvalue weighted by atomic mass is 16.7. The van der Waals surface area contributed by atoms with Crippen molar-refractivity contribution in [3.8, 4) is 0 Å². The van der Waals surface area contributed by atoms with Gasteiger partial charge in [-0.1, -0.05) is 60.1 Å². The lowest BCUT2D eigenvalue weighted by Crippen LogP contribution is -2.67. The van der Waals surface area contributed by atoms with Crippen molar-refractivity contribution in [3.63, 3.8) is 0 Å². The average Bonchev–Trinajstić information content (AvgIpc) is 3.09. The number of allylic oxidation sites excluding steroid dienone is 2. The van der Waals surface area contributed by atoms with Crippen LogP contribution in [0, 0.1) is 50.2 Å². The summed E-state index contributed by atoms with van der Waals surface area (Å²) in [4.78, 5) is 0. The van der Waals surface area contributed by atoms with Gasteiger partial charge in [0.15, 0.2) is 12.6 Å². The maximum absolute atomic E-state index is 12.0. The molecule has 2 heterocycles. The summed E-state index contributed by atoms with van der Waals surface area (Å²) in [6, 6.07) is 0. The molecule has 12 nitrogen and oxygen atoms in total. The molecule has 0 radical (unpaired) electrons. The van der Waals surface area contributed by atoms with Gasteiger partial charge in [-0.3, -0.25) is 0 Å². The van der Waals surface area contributed by atoms with Crippen LogP contribution in [0.4, 0.5) is 0 Å². The molecule has 7 rings (SSSR count). The zero-order valence-corrected chi connectivity index (χ0v) is 32.9. The summed E-state index contributed by atoms with van der Waals surface area (Å²) in [6.07, 6.45) is -2.91. The quantitative estimate of drug-likeness (QED) is 0.146. The Bertz CT molecular complexity index is 1390. The van der Waals surface area contributed by atoms with Crippen LogP contribution in [0.2, 0.25) is 0 Å². The standard InChI is InChI=1S/C41H68O12/c1-36(2)14-15-41(20-43)22(16-36)21-8-9-26-38(5)12-11-28(37(3,4)25(38)10-13-39(26,6)40(21,7)17-27(41)45)52-35-32(49)30(47)33(24(18-42)51-35)53-34-31(48)29(46)23(44)19-50-34/h8,22-35,42-49H,9-20H2,1-7H3/t22-,23-,24+,25+,26-,27-,28-,29-,30+,31+,32+,33+,34-,35-,38-,39+,40+,41+/m0/s1. The van der Waals surface area contributed by atoms with Crippen molar-refractivity contribution in [1.29, 1.82) is 0 Å². The van der Waals surface area contributed by atoms with Crippen LogP contribution in [0.25, 0.3) is 0 Å². The largest absolute Gasteiger partial charge is 0.396 e. The first-order valence-electron chi connectivity index (χ1n) is 20.3. The summed E-state index contributed by atoms with van der Waals surface area (Å²) in [5.74, 6) is 0.824. The van der Waals surface area contributed by atoms with E-state index in [2.05, 4.69) is 54.5 Å². The Balaban J connectivity index is 1.09. The highest BCUT2D eigenvalue weighted by Crippen LogP contribution is 2.75. The first kappa shape index (κ1) is 40.5. The van der Waals surface area contributed by atoms with Gasteiger partial charge in [-0.2, -0.15) is 0 Å². The second-order valence-electron chi connectivity index (χ2n) is 20.4. The molecule has 0 spiro atoms. The Labute approximate surface area is 314 Å². The molecule has 18 atom stereocenters. The molecule has 7 aliphatic rings. The Morgan fingerprint density at radius 1 is 0.755 bits per heavy atom. The van der Waals surface area contributed by atoms with Crippen LogP contribution in [0.1, 0.15) is 106 Å². The van der Waals surface area contributed by atoms with E-state index in [0.717, 1.165) is 44.9 Å². The van der Waals surface area contributed by atoms with Gasteiger partial charge >= 0.3 is 0 Å². The Morgan fingerprint density at radius 2 is 1.45 bits per heavy atom. The number of ether oxygens (including phenoxy) is 4. The van der Waals surface area contributed by atoms with Crippen molar-refractivity contribution < 1.29 is 59.8 Å². The van der Waals surface area contributed by atoms with Gasteiger partial charge in [0.05, 0.1) is 32.0 Å². The lowest BCUT2D eigenvalue weighted by Gasteiger charge is -2.72. The molecular weight excluding hydrogens is 684 g/mol. The molecule has 304 valence electrons. The predicted molar refractivity (Wildman–Crippen MR) is 193 cm³/mol. The zero-order valence-electron chi connectivity index (χ0n) is 32.9. The molecule has 4 saturated carbocycles. The fourth-order valence-electron chi connectivity index (χ4n) is 13.5.